The smallest absolute Gasteiger partial charge is 0.354 e. The summed E-state index contributed by atoms with van der Waals surface area (Å²) in [5.74, 6) is -0.953. The fourth-order valence-corrected chi connectivity index (χ4v) is 2.38. The van der Waals surface area contributed by atoms with Gasteiger partial charge in [-0.05, 0) is 19.4 Å². The zero-order valence-corrected chi connectivity index (χ0v) is 10.6. The van der Waals surface area contributed by atoms with Gasteiger partial charge in [-0.15, -0.1) is 0 Å². The molecule has 0 atom stereocenters. The predicted octanol–water partition coefficient (Wildman–Crippen LogP) is 1.11. The van der Waals surface area contributed by atoms with Gasteiger partial charge in [-0.2, -0.15) is 5.10 Å². The quantitative estimate of drug-likeness (QED) is 0.821. The van der Waals surface area contributed by atoms with Crippen molar-refractivity contribution in [2.45, 2.75) is 32.4 Å². The molecule has 1 aromatic heterocycles. The number of carboxylic acid groups (broad SMARTS) is 1. The average molecular weight is 253 g/mol. The van der Waals surface area contributed by atoms with Gasteiger partial charge >= 0.3 is 5.97 Å². The molecule has 6 nitrogen and oxygen atoms in total. The van der Waals surface area contributed by atoms with E-state index in [0.29, 0.717) is 12.6 Å². The van der Waals surface area contributed by atoms with Gasteiger partial charge in [0.2, 0.25) is 0 Å². The van der Waals surface area contributed by atoms with Crippen LogP contribution in [0.4, 0.5) is 0 Å². The summed E-state index contributed by atoms with van der Waals surface area (Å²) in [6, 6.07) is 0.472. The Balaban J connectivity index is 2.04. The van der Waals surface area contributed by atoms with Crippen molar-refractivity contribution < 1.29 is 14.6 Å². The van der Waals surface area contributed by atoms with E-state index in [1.54, 1.807) is 6.20 Å². The van der Waals surface area contributed by atoms with Crippen molar-refractivity contribution in [3.05, 3.63) is 17.5 Å². The molecule has 2 rings (SSSR count). The molecule has 0 aliphatic carbocycles. The summed E-state index contributed by atoms with van der Waals surface area (Å²) >= 11 is 0. The van der Waals surface area contributed by atoms with Crippen LogP contribution in [0.15, 0.2) is 6.20 Å². The Bertz CT molecular complexity index is 399. The minimum Gasteiger partial charge on any atom is -0.477 e. The predicted molar refractivity (Wildman–Crippen MR) is 65.5 cm³/mol. The van der Waals surface area contributed by atoms with Crippen molar-refractivity contribution in [2.75, 3.05) is 19.8 Å². The van der Waals surface area contributed by atoms with Crippen molar-refractivity contribution in [1.29, 1.82) is 0 Å². The molecule has 2 heterocycles. The second-order valence-electron chi connectivity index (χ2n) is 4.48. The minimum atomic E-state index is -0.953. The Labute approximate surface area is 106 Å². The molecule has 1 saturated heterocycles. The van der Waals surface area contributed by atoms with E-state index in [9.17, 15) is 4.79 Å². The van der Waals surface area contributed by atoms with Crippen LogP contribution < -0.4 is 0 Å². The maximum Gasteiger partial charge on any atom is 0.354 e. The Morgan fingerprint density at radius 2 is 2.33 bits per heavy atom. The number of H-pyrrole nitrogens is 1. The number of ether oxygens (including phenoxy) is 1. The fourth-order valence-electron chi connectivity index (χ4n) is 2.38. The van der Waals surface area contributed by atoms with Crippen molar-refractivity contribution in [3.8, 4) is 0 Å². The van der Waals surface area contributed by atoms with Gasteiger partial charge in [-0.1, -0.05) is 6.92 Å². The highest BCUT2D eigenvalue weighted by molar-refractivity contribution is 5.86. The van der Waals surface area contributed by atoms with Gasteiger partial charge in [0.05, 0.1) is 6.20 Å². The summed E-state index contributed by atoms with van der Waals surface area (Å²) < 4.78 is 5.35. The Hall–Kier alpha value is -1.40. The number of carboxylic acids is 1. The number of nitrogens with one attached hydrogen (secondary N) is 1. The number of hydrogen-bond donors (Lipinski definition) is 2. The van der Waals surface area contributed by atoms with Crippen molar-refractivity contribution in [2.24, 2.45) is 0 Å². The van der Waals surface area contributed by atoms with E-state index in [0.717, 1.165) is 38.2 Å². The first-order valence-corrected chi connectivity index (χ1v) is 6.29. The summed E-state index contributed by atoms with van der Waals surface area (Å²) in [6.45, 7) is 5.20. The third-order valence-electron chi connectivity index (χ3n) is 3.42. The van der Waals surface area contributed by atoms with Crippen LogP contribution in [0.3, 0.4) is 0 Å². The van der Waals surface area contributed by atoms with Crippen LogP contribution in [0.2, 0.25) is 0 Å². The Kier molecular flexibility index (Phi) is 4.33. The largest absolute Gasteiger partial charge is 0.477 e. The Morgan fingerprint density at radius 3 is 2.94 bits per heavy atom. The lowest BCUT2D eigenvalue weighted by Gasteiger charge is -2.33. The highest BCUT2D eigenvalue weighted by atomic mass is 16.5. The third-order valence-corrected chi connectivity index (χ3v) is 3.42. The first kappa shape index (κ1) is 13.0. The van der Waals surface area contributed by atoms with E-state index in [4.69, 9.17) is 9.84 Å². The topological polar surface area (TPSA) is 78.5 Å². The third kappa shape index (κ3) is 2.88. The number of hydrogen-bond acceptors (Lipinski definition) is 4. The molecule has 6 heteroatoms. The molecular formula is C12H19N3O3. The van der Waals surface area contributed by atoms with Gasteiger partial charge in [0, 0.05) is 31.4 Å². The molecule has 100 valence electrons. The SMILES string of the molecule is CCN(Cc1cn[nH]c1C(=O)O)C1CCOCC1. The molecule has 1 aliphatic rings. The molecule has 2 N–H and O–H groups in total. The molecule has 0 aromatic carbocycles. The first-order valence-electron chi connectivity index (χ1n) is 6.29. The lowest BCUT2D eigenvalue weighted by Crippen LogP contribution is -2.39. The van der Waals surface area contributed by atoms with Gasteiger partial charge < -0.3 is 9.84 Å². The van der Waals surface area contributed by atoms with Crippen LogP contribution in [-0.2, 0) is 11.3 Å². The zero-order chi connectivity index (χ0) is 13.0. The lowest BCUT2D eigenvalue weighted by molar-refractivity contribution is 0.0327. The van der Waals surface area contributed by atoms with E-state index >= 15 is 0 Å². The Morgan fingerprint density at radius 1 is 1.61 bits per heavy atom. The summed E-state index contributed by atoms with van der Waals surface area (Å²) in [5.41, 5.74) is 0.941. The molecule has 1 aromatic rings. The van der Waals surface area contributed by atoms with Crippen LogP contribution in [0, 0.1) is 0 Å². The second kappa shape index (κ2) is 5.97. The first-order chi connectivity index (χ1) is 8.72. The summed E-state index contributed by atoms with van der Waals surface area (Å²) in [4.78, 5) is 13.3. The molecule has 1 fully saturated rings. The maximum atomic E-state index is 11.0. The lowest BCUT2D eigenvalue weighted by atomic mass is 10.1. The van der Waals surface area contributed by atoms with E-state index in [1.807, 2.05) is 0 Å². The van der Waals surface area contributed by atoms with Crippen LogP contribution in [0.5, 0.6) is 0 Å². The van der Waals surface area contributed by atoms with E-state index in [-0.39, 0.29) is 5.69 Å². The highest BCUT2D eigenvalue weighted by Crippen LogP contribution is 2.18. The summed E-state index contributed by atoms with van der Waals surface area (Å²) in [7, 11) is 0. The van der Waals surface area contributed by atoms with Crippen LogP contribution in [-0.4, -0.2) is 52.0 Å². The molecule has 0 amide bonds. The normalized spacial score (nSPS) is 17.2. The van der Waals surface area contributed by atoms with Crippen molar-refractivity contribution in [1.82, 2.24) is 15.1 Å². The standard InChI is InChI=1S/C12H19N3O3/c1-2-15(10-3-5-18-6-4-10)8-9-7-13-14-11(9)12(16)17/h7,10H,2-6,8H2,1H3,(H,13,14)(H,16,17). The zero-order valence-electron chi connectivity index (χ0n) is 10.6. The highest BCUT2D eigenvalue weighted by Gasteiger charge is 2.22. The molecule has 0 bridgehead atoms. The van der Waals surface area contributed by atoms with E-state index in [1.165, 1.54) is 0 Å². The average Bonchev–Trinajstić information content (AvgIpc) is 2.85. The van der Waals surface area contributed by atoms with E-state index < -0.39 is 5.97 Å². The van der Waals surface area contributed by atoms with Crippen LogP contribution >= 0.6 is 0 Å². The van der Waals surface area contributed by atoms with E-state index in [2.05, 4.69) is 22.0 Å². The number of carbonyl (C=O) groups is 1. The minimum absolute atomic E-state index is 0.195. The number of rotatable bonds is 5. The monoisotopic (exact) mass is 253 g/mol. The van der Waals surface area contributed by atoms with Gasteiger partial charge in [-0.25, -0.2) is 4.79 Å². The molecule has 0 saturated carbocycles. The molecule has 18 heavy (non-hydrogen) atoms. The fraction of sp³-hybridized carbons (Fsp3) is 0.667. The van der Waals surface area contributed by atoms with Crippen molar-refractivity contribution >= 4 is 5.97 Å². The van der Waals surface area contributed by atoms with Crippen molar-refractivity contribution in [3.63, 3.8) is 0 Å². The van der Waals surface area contributed by atoms with Gasteiger partial charge in [0.1, 0.15) is 5.69 Å². The second-order valence-corrected chi connectivity index (χ2v) is 4.48. The van der Waals surface area contributed by atoms with Gasteiger partial charge in [0.15, 0.2) is 0 Å². The summed E-state index contributed by atoms with van der Waals surface area (Å²) in [5, 5.41) is 15.4. The molecule has 0 unspecified atom stereocenters. The number of nitrogens with zero attached hydrogens (tertiary/aromatic N) is 2. The van der Waals surface area contributed by atoms with Crippen LogP contribution in [0.25, 0.3) is 0 Å². The summed E-state index contributed by atoms with van der Waals surface area (Å²) in [6.07, 6.45) is 3.62. The van der Waals surface area contributed by atoms with Gasteiger partial charge in [-0.3, -0.25) is 10.00 Å². The molecular weight excluding hydrogens is 234 g/mol. The number of aromatic nitrogens is 2. The molecule has 1 aliphatic heterocycles. The molecule has 0 spiro atoms. The van der Waals surface area contributed by atoms with Crippen LogP contribution in [0.1, 0.15) is 35.8 Å². The maximum absolute atomic E-state index is 11.0. The van der Waals surface area contributed by atoms with Gasteiger partial charge in [0.25, 0.3) is 0 Å². The number of aromatic amines is 1. The molecule has 0 radical (unpaired) electrons. The number of aromatic carboxylic acids is 1.